The number of phenolic OH excluding ortho intramolecular Hbond substituents is 1. The van der Waals surface area contributed by atoms with E-state index in [0.717, 1.165) is 18.2 Å². The lowest BCUT2D eigenvalue weighted by molar-refractivity contribution is 0.0902. The second-order valence-electron chi connectivity index (χ2n) is 4.52. The first-order valence-electron chi connectivity index (χ1n) is 6.16. The van der Waals surface area contributed by atoms with Crippen molar-refractivity contribution in [3.8, 4) is 5.75 Å². The summed E-state index contributed by atoms with van der Waals surface area (Å²) < 4.78 is 0. The standard InChI is InChI=1S/C14H20BrNO2/c1-4-14(5-2,9-15)16-13(18)11-7-6-8-12(17)10(11)3/h6-8,17H,4-5,9H2,1-3H3,(H,16,18). The molecule has 0 saturated heterocycles. The van der Waals surface area contributed by atoms with Crippen LogP contribution in [-0.2, 0) is 0 Å². The van der Waals surface area contributed by atoms with Crippen molar-refractivity contribution in [2.75, 3.05) is 5.33 Å². The molecule has 2 N–H and O–H groups in total. The minimum Gasteiger partial charge on any atom is -0.508 e. The molecule has 0 bridgehead atoms. The Morgan fingerprint density at radius 3 is 2.50 bits per heavy atom. The van der Waals surface area contributed by atoms with Gasteiger partial charge in [0.1, 0.15) is 5.75 Å². The quantitative estimate of drug-likeness (QED) is 0.819. The number of hydrogen-bond donors (Lipinski definition) is 2. The van der Waals surface area contributed by atoms with Crippen molar-refractivity contribution in [2.45, 2.75) is 39.2 Å². The Morgan fingerprint density at radius 1 is 1.39 bits per heavy atom. The van der Waals surface area contributed by atoms with E-state index in [-0.39, 0.29) is 17.2 Å². The van der Waals surface area contributed by atoms with E-state index in [1.165, 1.54) is 0 Å². The van der Waals surface area contributed by atoms with Gasteiger partial charge in [0, 0.05) is 22.0 Å². The number of carbonyl (C=O) groups excluding carboxylic acids is 1. The third-order valence-electron chi connectivity index (χ3n) is 3.54. The van der Waals surface area contributed by atoms with E-state index in [0.29, 0.717) is 11.1 Å². The molecular formula is C14H20BrNO2. The van der Waals surface area contributed by atoms with Gasteiger partial charge < -0.3 is 10.4 Å². The number of phenols is 1. The number of alkyl halides is 1. The van der Waals surface area contributed by atoms with Crippen LogP contribution in [0.15, 0.2) is 18.2 Å². The Bertz CT molecular complexity index is 420. The zero-order valence-electron chi connectivity index (χ0n) is 11.1. The van der Waals surface area contributed by atoms with Gasteiger partial charge in [0.05, 0.1) is 0 Å². The van der Waals surface area contributed by atoms with Crippen LogP contribution in [0.3, 0.4) is 0 Å². The fraction of sp³-hybridized carbons (Fsp3) is 0.500. The normalized spacial score (nSPS) is 11.3. The van der Waals surface area contributed by atoms with Gasteiger partial charge >= 0.3 is 0 Å². The van der Waals surface area contributed by atoms with Crippen LogP contribution in [0.5, 0.6) is 5.75 Å². The molecule has 0 radical (unpaired) electrons. The van der Waals surface area contributed by atoms with Crippen LogP contribution in [0.4, 0.5) is 0 Å². The number of amides is 1. The minimum absolute atomic E-state index is 0.133. The van der Waals surface area contributed by atoms with Crippen molar-refractivity contribution in [2.24, 2.45) is 0 Å². The second-order valence-corrected chi connectivity index (χ2v) is 5.09. The predicted octanol–water partition coefficient (Wildman–Crippen LogP) is 3.38. The molecule has 0 fully saturated rings. The van der Waals surface area contributed by atoms with Gasteiger partial charge in [-0.3, -0.25) is 4.79 Å². The van der Waals surface area contributed by atoms with Gasteiger partial charge in [-0.25, -0.2) is 0 Å². The van der Waals surface area contributed by atoms with Crippen molar-refractivity contribution in [3.63, 3.8) is 0 Å². The topological polar surface area (TPSA) is 49.3 Å². The average Bonchev–Trinajstić information content (AvgIpc) is 2.39. The lowest BCUT2D eigenvalue weighted by Gasteiger charge is -2.31. The van der Waals surface area contributed by atoms with E-state index in [4.69, 9.17) is 0 Å². The van der Waals surface area contributed by atoms with Gasteiger partial charge in [0.25, 0.3) is 5.91 Å². The molecule has 18 heavy (non-hydrogen) atoms. The lowest BCUT2D eigenvalue weighted by Crippen LogP contribution is -2.49. The number of hydrogen-bond acceptors (Lipinski definition) is 2. The minimum atomic E-state index is -0.227. The average molecular weight is 314 g/mol. The van der Waals surface area contributed by atoms with E-state index in [1.807, 2.05) is 0 Å². The molecule has 1 aromatic carbocycles. The summed E-state index contributed by atoms with van der Waals surface area (Å²) in [6.07, 6.45) is 1.72. The predicted molar refractivity (Wildman–Crippen MR) is 77.4 cm³/mol. The number of halogens is 1. The fourth-order valence-electron chi connectivity index (χ4n) is 1.83. The first-order valence-corrected chi connectivity index (χ1v) is 7.29. The summed E-state index contributed by atoms with van der Waals surface area (Å²) in [6, 6.07) is 5.00. The van der Waals surface area contributed by atoms with E-state index in [9.17, 15) is 9.90 Å². The molecule has 0 spiro atoms. The Balaban J connectivity index is 2.98. The first kappa shape index (κ1) is 15.0. The highest BCUT2D eigenvalue weighted by atomic mass is 79.9. The molecule has 0 atom stereocenters. The van der Waals surface area contributed by atoms with E-state index >= 15 is 0 Å². The van der Waals surface area contributed by atoms with Gasteiger partial charge in [-0.05, 0) is 31.9 Å². The molecule has 0 unspecified atom stereocenters. The van der Waals surface area contributed by atoms with Gasteiger partial charge in [-0.1, -0.05) is 35.8 Å². The number of benzene rings is 1. The van der Waals surface area contributed by atoms with Crippen LogP contribution < -0.4 is 5.32 Å². The highest BCUT2D eigenvalue weighted by molar-refractivity contribution is 9.09. The maximum atomic E-state index is 12.3. The first-order chi connectivity index (χ1) is 8.49. The summed E-state index contributed by atoms with van der Waals surface area (Å²) in [5.41, 5.74) is 0.919. The van der Waals surface area contributed by atoms with Crippen molar-refractivity contribution in [3.05, 3.63) is 29.3 Å². The van der Waals surface area contributed by atoms with Gasteiger partial charge in [-0.2, -0.15) is 0 Å². The molecule has 0 aliphatic heterocycles. The number of carbonyl (C=O) groups is 1. The van der Waals surface area contributed by atoms with Crippen molar-refractivity contribution in [1.29, 1.82) is 0 Å². The lowest BCUT2D eigenvalue weighted by atomic mass is 9.94. The monoisotopic (exact) mass is 313 g/mol. The molecule has 0 aromatic heterocycles. The van der Waals surface area contributed by atoms with Crippen LogP contribution >= 0.6 is 15.9 Å². The van der Waals surface area contributed by atoms with Gasteiger partial charge in [-0.15, -0.1) is 0 Å². The van der Waals surface area contributed by atoms with Crippen LogP contribution in [0.2, 0.25) is 0 Å². The van der Waals surface area contributed by atoms with Gasteiger partial charge in [0.2, 0.25) is 0 Å². The van der Waals surface area contributed by atoms with Crippen molar-refractivity contribution < 1.29 is 9.90 Å². The largest absolute Gasteiger partial charge is 0.508 e. The molecule has 1 aromatic rings. The van der Waals surface area contributed by atoms with E-state index < -0.39 is 0 Å². The molecule has 4 heteroatoms. The summed E-state index contributed by atoms with van der Waals surface area (Å²) in [7, 11) is 0. The smallest absolute Gasteiger partial charge is 0.252 e. The number of nitrogens with one attached hydrogen (secondary N) is 1. The summed E-state index contributed by atoms with van der Waals surface area (Å²) in [6.45, 7) is 5.86. The van der Waals surface area contributed by atoms with Crippen LogP contribution in [0.1, 0.15) is 42.6 Å². The molecule has 0 aliphatic rings. The summed E-state index contributed by atoms with van der Waals surface area (Å²) in [5.74, 6) is 0.0200. The zero-order valence-corrected chi connectivity index (χ0v) is 12.7. The Kier molecular flexibility index (Phi) is 5.20. The molecular weight excluding hydrogens is 294 g/mol. The van der Waals surface area contributed by atoms with E-state index in [1.54, 1.807) is 25.1 Å². The molecule has 0 aliphatic carbocycles. The maximum absolute atomic E-state index is 12.3. The molecule has 100 valence electrons. The summed E-state index contributed by atoms with van der Waals surface area (Å²) in [4.78, 5) is 12.3. The molecule has 1 amide bonds. The van der Waals surface area contributed by atoms with Crippen molar-refractivity contribution in [1.82, 2.24) is 5.32 Å². The van der Waals surface area contributed by atoms with Gasteiger partial charge in [0.15, 0.2) is 0 Å². The zero-order chi connectivity index (χ0) is 13.8. The molecule has 0 heterocycles. The van der Waals surface area contributed by atoms with Crippen LogP contribution in [-0.4, -0.2) is 21.9 Å². The number of aromatic hydroxyl groups is 1. The third-order valence-corrected chi connectivity index (χ3v) is 4.61. The molecule has 0 saturated carbocycles. The fourth-order valence-corrected chi connectivity index (χ4v) is 2.76. The maximum Gasteiger partial charge on any atom is 0.252 e. The highest BCUT2D eigenvalue weighted by Crippen LogP contribution is 2.22. The summed E-state index contributed by atoms with van der Waals surface area (Å²) >= 11 is 3.46. The Hall–Kier alpha value is -1.03. The Morgan fingerprint density at radius 2 is 2.00 bits per heavy atom. The second kappa shape index (κ2) is 6.23. The summed E-state index contributed by atoms with van der Waals surface area (Å²) in [5, 5.41) is 13.4. The van der Waals surface area contributed by atoms with Crippen LogP contribution in [0.25, 0.3) is 0 Å². The SMILES string of the molecule is CCC(CC)(CBr)NC(=O)c1cccc(O)c1C. The van der Waals surface area contributed by atoms with E-state index in [2.05, 4.69) is 35.1 Å². The van der Waals surface area contributed by atoms with Crippen LogP contribution in [0, 0.1) is 6.92 Å². The molecule has 3 nitrogen and oxygen atoms in total. The van der Waals surface area contributed by atoms with Crippen molar-refractivity contribution >= 4 is 21.8 Å². The Labute approximate surface area is 117 Å². The third kappa shape index (κ3) is 3.05. The highest BCUT2D eigenvalue weighted by Gasteiger charge is 2.27. The molecule has 1 rings (SSSR count). The number of rotatable bonds is 5.